The van der Waals surface area contributed by atoms with E-state index in [1.54, 1.807) is 28.9 Å². The predicted octanol–water partition coefficient (Wildman–Crippen LogP) is 5.08. The molecule has 4 N–H and O–H groups in total. The molecule has 1 saturated heterocycles. The molecule has 2 amide bonds. The monoisotopic (exact) mass is 660 g/mol. The Hall–Kier alpha value is -4.30. The Kier molecular flexibility index (Phi) is 12.0. The number of hydrogen-bond acceptors (Lipinski definition) is 10. The summed E-state index contributed by atoms with van der Waals surface area (Å²) in [6, 6.07) is 21.9. The van der Waals surface area contributed by atoms with Crippen LogP contribution in [0.5, 0.6) is 5.75 Å². The van der Waals surface area contributed by atoms with Gasteiger partial charge in [0.15, 0.2) is 6.29 Å². The normalized spacial score (nSPS) is 19.3. The van der Waals surface area contributed by atoms with Gasteiger partial charge in [0.2, 0.25) is 17.0 Å². The van der Waals surface area contributed by atoms with Gasteiger partial charge in [-0.05, 0) is 70.8 Å². The Bertz CT molecular complexity index is 1600. The number of phenols is 1. The summed E-state index contributed by atoms with van der Waals surface area (Å²) in [6.07, 6.45) is 1.65. The second kappa shape index (κ2) is 16.5. The molecule has 0 aliphatic carbocycles. The van der Waals surface area contributed by atoms with Crippen LogP contribution in [0.1, 0.15) is 68.6 Å². The van der Waals surface area contributed by atoms with Crippen molar-refractivity contribution in [3.05, 3.63) is 89.5 Å². The number of phenolic OH excluding ortho intramolecular Hbond substituents is 1. The molecule has 1 aliphatic heterocycles. The van der Waals surface area contributed by atoms with Crippen LogP contribution >= 0.6 is 11.8 Å². The number of rotatable bonds is 14. The number of anilines is 1. The maximum atomic E-state index is 12.5. The first-order valence-corrected chi connectivity index (χ1v) is 16.6. The lowest BCUT2D eigenvalue weighted by Crippen LogP contribution is -2.38. The average molecular weight is 661 g/mol. The molecule has 0 radical (unpaired) electrons. The Morgan fingerprint density at radius 2 is 1.66 bits per heavy atom. The molecule has 0 saturated carbocycles. The van der Waals surface area contributed by atoms with E-state index in [4.69, 9.17) is 9.47 Å². The SMILES string of the molecule is CC(=O)NCCCCCC(=O)Nc1ccc(C2OC(CSc3nnnn3-c3ccc(O)cc3)C(C)C(c3ccc(CO)cc3)O2)cc1. The van der Waals surface area contributed by atoms with Crippen LogP contribution in [-0.2, 0) is 25.7 Å². The van der Waals surface area contributed by atoms with Gasteiger partial charge in [0, 0.05) is 42.8 Å². The molecule has 248 valence electrons. The number of benzene rings is 3. The highest BCUT2D eigenvalue weighted by atomic mass is 32.2. The molecule has 1 fully saturated rings. The molecule has 3 aromatic carbocycles. The summed E-state index contributed by atoms with van der Waals surface area (Å²) < 4.78 is 14.7. The van der Waals surface area contributed by atoms with Crippen molar-refractivity contribution in [3.8, 4) is 11.4 Å². The summed E-state index contributed by atoms with van der Waals surface area (Å²) >= 11 is 1.47. The molecule has 47 heavy (non-hydrogen) atoms. The molecule has 0 bridgehead atoms. The first-order chi connectivity index (χ1) is 22.8. The zero-order valence-electron chi connectivity index (χ0n) is 26.4. The average Bonchev–Trinajstić information content (AvgIpc) is 3.55. The zero-order valence-corrected chi connectivity index (χ0v) is 27.2. The fourth-order valence-corrected chi connectivity index (χ4v) is 6.34. The molecule has 0 spiro atoms. The lowest BCUT2D eigenvalue weighted by Gasteiger charge is -2.41. The number of nitrogens with zero attached hydrogens (tertiary/aromatic N) is 4. The number of amides is 2. The minimum atomic E-state index is -0.666. The quantitative estimate of drug-likeness (QED) is 0.106. The van der Waals surface area contributed by atoms with Gasteiger partial charge >= 0.3 is 0 Å². The molecule has 12 nitrogen and oxygen atoms in total. The summed E-state index contributed by atoms with van der Waals surface area (Å²) in [6.45, 7) is 4.17. The third kappa shape index (κ3) is 9.38. The highest BCUT2D eigenvalue weighted by molar-refractivity contribution is 7.99. The van der Waals surface area contributed by atoms with Crippen LogP contribution < -0.4 is 10.6 Å². The Morgan fingerprint density at radius 3 is 2.36 bits per heavy atom. The number of carbonyl (C=O) groups is 2. The van der Waals surface area contributed by atoms with E-state index in [2.05, 4.69) is 33.1 Å². The predicted molar refractivity (Wildman–Crippen MR) is 177 cm³/mol. The number of hydrogen-bond donors (Lipinski definition) is 4. The number of aromatic hydroxyl groups is 1. The second-order valence-corrected chi connectivity index (χ2v) is 12.5. The van der Waals surface area contributed by atoms with E-state index in [1.165, 1.54) is 18.7 Å². The van der Waals surface area contributed by atoms with Gasteiger partial charge in [0.05, 0.1) is 24.5 Å². The fraction of sp³-hybridized carbons (Fsp3) is 0.382. The summed E-state index contributed by atoms with van der Waals surface area (Å²) in [5.74, 6) is 0.565. The topological polar surface area (TPSA) is 161 Å². The van der Waals surface area contributed by atoms with Crippen LogP contribution in [0.3, 0.4) is 0 Å². The third-order valence-electron chi connectivity index (χ3n) is 7.96. The molecular formula is C34H40N6O6S. The van der Waals surface area contributed by atoms with Gasteiger partial charge in [0.1, 0.15) is 5.75 Å². The molecule has 1 aromatic heterocycles. The van der Waals surface area contributed by atoms with Crippen LogP contribution in [-0.4, -0.2) is 60.6 Å². The largest absolute Gasteiger partial charge is 0.508 e. The van der Waals surface area contributed by atoms with Gasteiger partial charge in [0.25, 0.3) is 0 Å². The van der Waals surface area contributed by atoms with Crippen LogP contribution in [0.25, 0.3) is 5.69 Å². The Balaban J connectivity index is 1.25. The van der Waals surface area contributed by atoms with Crippen LogP contribution in [0.2, 0.25) is 0 Å². The highest BCUT2D eigenvalue weighted by Gasteiger charge is 2.38. The highest BCUT2D eigenvalue weighted by Crippen LogP contribution is 2.43. The van der Waals surface area contributed by atoms with Crippen LogP contribution in [0, 0.1) is 5.92 Å². The number of unbranched alkanes of at least 4 members (excludes halogenated alkanes) is 2. The molecule has 2 heterocycles. The van der Waals surface area contributed by atoms with Gasteiger partial charge < -0.3 is 30.3 Å². The van der Waals surface area contributed by atoms with Gasteiger partial charge in [-0.15, -0.1) is 5.10 Å². The third-order valence-corrected chi connectivity index (χ3v) is 8.96. The van der Waals surface area contributed by atoms with Crippen molar-refractivity contribution in [2.24, 2.45) is 5.92 Å². The number of aliphatic hydroxyl groups is 1. The van der Waals surface area contributed by atoms with Crippen molar-refractivity contribution in [2.75, 3.05) is 17.6 Å². The minimum absolute atomic E-state index is 0.0338. The van der Waals surface area contributed by atoms with Crippen molar-refractivity contribution in [2.45, 2.75) is 69.8 Å². The van der Waals surface area contributed by atoms with Gasteiger partial charge in [-0.1, -0.05) is 61.5 Å². The summed E-state index contributed by atoms with van der Waals surface area (Å²) in [7, 11) is 0. The summed E-state index contributed by atoms with van der Waals surface area (Å²) in [5.41, 5.74) is 4.03. The van der Waals surface area contributed by atoms with Crippen molar-refractivity contribution in [1.82, 2.24) is 25.5 Å². The van der Waals surface area contributed by atoms with Gasteiger partial charge in [-0.2, -0.15) is 4.68 Å². The lowest BCUT2D eigenvalue weighted by molar-refractivity contribution is -0.268. The van der Waals surface area contributed by atoms with E-state index in [9.17, 15) is 19.8 Å². The molecular weight excluding hydrogens is 620 g/mol. The first kappa shape index (κ1) is 34.0. The maximum Gasteiger partial charge on any atom is 0.224 e. The summed E-state index contributed by atoms with van der Waals surface area (Å²) in [4.78, 5) is 23.5. The van der Waals surface area contributed by atoms with Crippen LogP contribution in [0.4, 0.5) is 5.69 Å². The molecule has 4 unspecified atom stereocenters. The van der Waals surface area contributed by atoms with Crippen molar-refractivity contribution in [3.63, 3.8) is 0 Å². The molecule has 4 aromatic rings. The molecule has 4 atom stereocenters. The number of aromatic nitrogens is 4. The number of tetrazole rings is 1. The van der Waals surface area contributed by atoms with E-state index < -0.39 is 6.29 Å². The van der Waals surface area contributed by atoms with Crippen molar-refractivity contribution >= 4 is 29.3 Å². The molecule has 1 aliphatic rings. The number of ether oxygens (including phenoxy) is 2. The van der Waals surface area contributed by atoms with Crippen LogP contribution in [0.15, 0.2) is 78.0 Å². The molecule has 13 heteroatoms. The van der Waals surface area contributed by atoms with E-state index in [0.717, 1.165) is 41.6 Å². The van der Waals surface area contributed by atoms with E-state index in [0.29, 0.717) is 29.6 Å². The first-order valence-electron chi connectivity index (χ1n) is 15.7. The number of nitrogens with one attached hydrogen (secondary N) is 2. The van der Waals surface area contributed by atoms with E-state index in [1.807, 2.05) is 48.5 Å². The van der Waals surface area contributed by atoms with Gasteiger partial charge in [-0.3, -0.25) is 9.59 Å². The standard InChI is InChI=1S/C34H40N6O6S/c1-22-30(21-47-34-37-38-39-40(34)28-15-17-29(43)18-16-28)45-33(46-32(22)25-9-7-24(20-41)8-10-25)26-11-13-27(14-12-26)36-31(44)6-4-3-5-19-35-23(2)42/h7-18,22,30,32-33,41,43H,3-6,19-21H2,1-2H3,(H,35,42)(H,36,44). The van der Waals surface area contributed by atoms with Crippen molar-refractivity contribution < 1.29 is 29.3 Å². The van der Waals surface area contributed by atoms with E-state index >= 15 is 0 Å². The lowest BCUT2D eigenvalue weighted by atomic mass is 9.91. The Labute approximate surface area is 277 Å². The van der Waals surface area contributed by atoms with Crippen molar-refractivity contribution in [1.29, 1.82) is 0 Å². The molecule has 5 rings (SSSR count). The summed E-state index contributed by atoms with van der Waals surface area (Å²) in [5, 5.41) is 37.7. The number of thioether (sulfide) groups is 1. The Morgan fingerprint density at radius 1 is 0.936 bits per heavy atom. The number of carbonyl (C=O) groups excluding carboxylic acids is 2. The zero-order chi connectivity index (χ0) is 33.2. The minimum Gasteiger partial charge on any atom is -0.508 e. The fourth-order valence-electron chi connectivity index (χ4n) is 5.29. The second-order valence-electron chi connectivity index (χ2n) is 11.5. The maximum absolute atomic E-state index is 12.5. The smallest absolute Gasteiger partial charge is 0.224 e. The van der Waals surface area contributed by atoms with E-state index in [-0.39, 0.29) is 42.3 Å². The van der Waals surface area contributed by atoms with Gasteiger partial charge in [-0.25, -0.2) is 0 Å². The number of aliphatic hydroxyl groups excluding tert-OH is 1.